The van der Waals surface area contributed by atoms with Gasteiger partial charge in [-0.3, -0.25) is 4.90 Å². The lowest BCUT2D eigenvalue weighted by Gasteiger charge is -2.36. The van der Waals surface area contributed by atoms with Crippen LogP contribution in [-0.4, -0.2) is 54.2 Å². The topological polar surface area (TPSA) is 56.6 Å². The van der Waals surface area contributed by atoms with Crippen LogP contribution < -0.4 is 0 Å². The molecule has 1 aliphatic carbocycles. The SMILES string of the molecule is CC(C)(C)OC(=O)N1CCN(CC2CCc3c(C#N)cccc32)CC1. The van der Waals surface area contributed by atoms with Gasteiger partial charge in [0.05, 0.1) is 11.6 Å². The monoisotopic (exact) mass is 341 g/mol. The minimum atomic E-state index is -0.444. The molecule has 1 aliphatic heterocycles. The zero-order valence-electron chi connectivity index (χ0n) is 15.4. The molecule has 1 unspecified atom stereocenters. The summed E-state index contributed by atoms with van der Waals surface area (Å²) < 4.78 is 5.46. The average Bonchev–Trinajstić information content (AvgIpc) is 2.97. The first-order valence-corrected chi connectivity index (χ1v) is 9.09. The fraction of sp³-hybridized carbons (Fsp3) is 0.600. The number of nitriles is 1. The molecule has 0 radical (unpaired) electrons. The van der Waals surface area contributed by atoms with Crippen LogP contribution in [0.25, 0.3) is 0 Å². The van der Waals surface area contributed by atoms with Gasteiger partial charge in [0.2, 0.25) is 0 Å². The van der Waals surface area contributed by atoms with Crippen molar-refractivity contribution >= 4 is 6.09 Å². The molecule has 134 valence electrons. The maximum atomic E-state index is 12.2. The van der Waals surface area contributed by atoms with Gasteiger partial charge in [0.15, 0.2) is 0 Å². The molecule has 1 aromatic carbocycles. The van der Waals surface area contributed by atoms with Crippen molar-refractivity contribution in [2.75, 3.05) is 32.7 Å². The molecule has 0 N–H and O–H groups in total. The van der Waals surface area contributed by atoms with E-state index in [0.717, 1.165) is 38.0 Å². The number of nitrogens with zero attached hydrogens (tertiary/aromatic N) is 3. The van der Waals surface area contributed by atoms with Crippen LogP contribution in [0, 0.1) is 11.3 Å². The molecule has 0 bridgehead atoms. The van der Waals surface area contributed by atoms with E-state index in [0.29, 0.717) is 19.0 Å². The molecule has 1 saturated heterocycles. The number of carbonyl (C=O) groups excluding carboxylic acids is 1. The fourth-order valence-corrected chi connectivity index (χ4v) is 3.79. The number of carbonyl (C=O) groups is 1. The molecule has 1 heterocycles. The minimum absolute atomic E-state index is 0.211. The molecule has 1 atom stereocenters. The molecule has 0 spiro atoms. The molecule has 1 amide bonds. The molecule has 5 nitrogen and oxygen atoms in total. The van der Waals surface area contributed by atoms with E-state index in [1.807, 2.05) is 32.9 Å². The Labute approximate surface area is 150 Å². The predicted octanol–water partition coefficient (Wildman–Crippen LogP) is 3.14. The summed E-state index contributed by atoms with van der Waals surface area (Å²) in [6, 6.07) is 8.40. The summed E-state index contributed by atoms with van der Waals surface area (Å²) in [5, 5.41) is 9.26. The van der Waals surface area contributed by atoms with Gasteiger partial charge in [0, 0.05) is 32.7 Å². The smallest absolute Gasteiger partial charge is 0.410 e. The molecule has 3 rings (SSSR count). The maximum Gasteiger partial charge on any atom is 0.410 e. The summed E-state index contributed by atoms with van der Waals surface area (Å²) in [5.74, 6) is 0.497. The lowest BCUT2D eigenvalue weighted by molar-refractivity contribution is 0.0141. The number of ether oxygens (including phenoxy) is 1. The Bertz CT molecular complexity index is 679. The van der Waals surface area contributed by atoms with Crippen LogP contribution in [0.2, 0.25) is 0 Å². The summed E-state index contributed by atoms with van der Waals surface area (Å²) >= 11 is 0. The molecule has 2 aliphatic rings. The van der Waals surface area contributed by atoms with E-state index in [4.69, 9.17) is 4.74 Å². The zero-order valence-corrected chi connectivity index (χ0v) is 15.4. The number of amides is 1. The Balaban J connectivity index is 1.55. The highest BCUT2D eigenvalue weighted by molar-refractivity contribution is 5.68. The van der Waals surface area contributed by atoms with E-state index in [2.05, 4.69) is 17.0 Å². The molecule has 0 aromatic heterocycles. The third-order valence-electron chi connectivity index (χ3n) is 5.02. The second-order valence-electron chi connectivity index (χ2n) is 7.99. The Morgan fingerprint density at radius 3 is 2.64 bits per heavy atom. The summed E-state index contributed by atoms with van der Waals surface area (Å²) in [5.41, 5.74) is 2.96. The second-order valence-corrected chi connectivity index (χ2v) is 7.99. The molecule has 0 saturated carbocycles. The van der Waals surface area contributed by atoms with Crippen molar-refractivity contribution < 1.29 is 9.53 Å². The van der Waals surface area contributed by atoms with E-state index >= 15 is 0 Å². The van der Waals surface area contributed by atoms with Gasteiger partial charge in [-0.25, -0.2) is 4.79 Å². The molecule has 1 fully saturated rings. The third-order valence-corrected chi connectivity index (χ3v) is 5.02. The highest BCUT2D eigenvalue weighted by Crippen LogP contribution is 2.35. The van der Waals surface area contributed by atoms with Gasteiger partial charge in [-0.15, -0.1) is 0 Å². The quantitative estimate of drug-likeness (QED) is 0.829. The first-order valence-electron chi connectivity index (χ1n) is 9.09. The third kappa shape index (κ3) is 4.13. The van der Waals surface area contributed by atoms with Crippen LogP contribution in [0.1, 0.15) is 49.8 Å². The van der Waals surface area contributed by atoms with Crippen molar-refractivity contribution in [3.8, 4) is 6.07 Å². The summed E-state index contributed by atoms with van der Waals surface area (Å²) in [7, 11) is 0. The van der Waals surface area contributed by atoms with Crippen molar-refractivity contribution in [2.45, 2.75) is 45.1 Å². The van der Waals surface area contributed by atoms with Crippen molar-refractivity contribution in [3.05, 3.63) is 34.9 Å². The highest BCUT2D eigenvalue weighted by Gasteiger charge is 2.30. The number of piperazine rings is 1. The Morgan fingerprint density at radius 2 is 2.00 bits per heavy atom. The summed E-state index contributed by atoms with van der Waals surface area (Å²) in [6.45, 7) is 9.88. The normalized spacial score (nSPS) is 20.9. The van der Waals surface area contributed by atoms with Gasteiger partial charge in [0.25, 0.3) is 0 Å². The van der Waals surface area contributed by atoms with Gasteiger partial charge in [-0.05, 0) is 56.7 Å². The molecule has 5 heteroatoms. The van der Waals surface area contributed by atoms with Crippen LogP contribution in [0.4, 0.5) is 4.79 Å². The van der Waals surface area contributed by atoms with Gasteiger partial charge < -0.3 is 9.64 Å². The van der Waals surface area contributed by atoms with Crippen LogP contribution in [0.5, 0.6) is 0 Å². The molecular formula is C20H27N3O2. The Morgan fingerprint density at radius 1 is 1.28 bits per heavy atom. The van der Waals surface area contributed by atoms with E-state index in [-0.39, 0.29) is 6.09 Å². The van der Waals surface area contributed by atoms with Gasteiger partial charge in [-0.1, -0.05) is 12.1 Å². The van der Waals surface area contributed by atoms with Gasteiger partial charge in [0.1, 0.15) is 5.60 Å². The number of benzene rings is 1. The Hall–Kier alpha value is -2.06. The van der Waals surface area contributed by atoms with Crippen molar-refractivity contribution in [2.24, 2.45) is 0 Å². The zero-order chi connectivity index (χ0) is 18.0. The van der Waals surface area contributed by atoms with Crippen molar-refractivity contribution in [1.82, 2.24) is 9.80 Å². The lowest BCUT2D eigenvalue weighted by atomic mass is 9.98. The van der Waals surface area contributed by atoms with Gasteiger partial charge >= 0.3 is 6.09 Å². The number of hydrogen-bond donors (Lipinski definition) is 0. The first-order chi connectivity index (χ1) is 11.9. The largest absolute Gasteiger partial charge is 0.444 e. The van der Waals surface area contributed by atoms with Crippen LogP contribution >= 0.6 is 0 Å². The van der Waals surface area contributed by atoms with Crippen LogP contribution in [0.3, 0.4) is 0 Å². The Kier molecular flexibility index (Phi) is 5.01. The van der Waals surface area contributed by atoms with Crippen LogP contribution in [-0.2, 0) is 11.2 Å². The molecule has 1 aromatic rings. The molecule has 25 heavy (non-hydrogen) atoms. The van der Waals surface area contributed by atoms with E-state index in [1.165, 1.54) is 11.1 Å². The number of fused-ring (bicyclic) bond motifs is 1. The molecular weight excluding hydrogens is 314 g/mol. The standard InChI is InChI=1S/C20H27N3O2/c1-20(2,3)25-19(24)23-11-9-22(10-12-23)14-16-7-8-18-15(13-21)5-4-6-17(16)18/h4-6,16H,7-12,14H2,1-3H3. The minimum Gasteiger partial charge on any atom is -0.444 e. The maximum absolute atomic E-state index is 12.2. The summed E-state index contributed by atoms with van der Waals surface area (Å²) in [6.07, 6.45) is 1.90. The van der Waals surface area contributed by atoms with Crippen molar-refractivity contribution in [3.63, 3.8) is 0 Å². The highest BCUT2D eigenvalue weighted by atomic mass is 16.6. The van der Waals surface area contributed by atoms with E-state index in [9.17, 15) is 10.1 Å². The lowest BCUT2D eigenvalue weighted by Crippen LogP contribution is -2.50. The number of rotatable bonds is 2. The van der Waals surface area contributed by atoms with E-state index in [1.54, 1.807) is 4.90 Å². The van der Waals surface area contributed by atoms with E-state index < -0.39 is 5.60 Å². The average molecular weight is 341 g/mol. The summed E-state index contributed by atoms with van der Waals surface area (Å²) in [4.78, 5) is 16.4. The van der Waals surface area contributed by atoms with Crippen LogP contribution in [0.15, 0.2) is 18.2 Å². The predicted molar refractivity (Wildman–Crippen MR) is 96.5 cm³/mol. The van der Waals surface area contributed by atoms with Gasteiger partial charge in [-0.2, -0.15) is 5.26 Å². The number of hydrogen-bond acceptors (Lipinski definition) is 4. The van der Waals surface area contributed by atoms with Crippen molar-refractivity contribution in [1.29, 1.82) is 5.26 Å². The second kappa shape index (κ2) is 7.05. The fourth-order valence-electron chi connectivity index (χ4n) is 3.79. The first kappa shape index (κ1) is 17.8.